The number of amides is 3. The van der Waals surface area contributed by atoms with E-state index in [2.05, 4.69) is 24.1 Å². The molecule has 22 heavy (non-hydrogen) atoms. The van der Waals surface area contributed by atoms with Gasteiger partial charge in [0.15, 0.2) is 0 Å². The minimum absolute atomic E-state index is 0.212. The fourth-order valence-corrected chi connectivity index (χ4v) is 3.36. The number of carboxylic acids is 1. The third-order valence-corrected chi connectivity index (χ3v) is 4.51. The van der Waals surface area contributed by atoms with Gasteiger partial charge in [0, 0.05) is 19.6 Å². The topological polar surface area (TPSA) is 89.9 Å². The summed E-state index contributed by atoms with van der Waals surface area (Å²) in [6.45, 7) is 8.40. The summed E-state index contributed by atoms with van der Waals surface area (Å²) in [5.41, 5.74) is -0.909. The molecule has 2 aliphatic heterocycles. The van der Waals surface area contributed by atoms with Crippen molar-refractivity contribution in [3.8, 4) is 0 Å². The molecular formula is C15H25N3O4. The third kappa shape index (κ3) is 2.95. The molecule has 0 bridgehead atoms. The van der Waals surface area contributed by atoms with E-state index in [4.69, 9.17) is 0 Å². The van der Waals surface area contributed by atoms with Crippen LogP contribution in [0.3, 0.4) is 0 Å². The number of carboxylic acid groups (broad SMARTS) is 1. The van der Waals surface area contributed by atoms with Gasteiger partial charge in [-0.15, -0.1) is 0 Å². The largest absolute Gasteiger partial charge is 0.480 e. The molecule has 7 heteroatoms. The Morgan fingerprint density at radius 3 is 2.36 bits per heavy atom. The van der Waals surface area contributed by atoms with E-state index in [0.29, 0.717) is 18.8 Å². The van der Waals surface area contributed by atoms with E-state index in [-0.39, 0.29) is 12.3 Å². The Morgan fingerprint density at radius 2 is 1.91 bits per heavy atom. The zero-order chi connectivity index (χ0) is 16.5. The molecule has 2 saturated heterocycles. The number of rotatable bonds is 5. The van der Waals surface area contributed by atoms with E-state index < -0.39 is 23.6 Å². The standard InChI is InChI=1S/C15H25N3O4/c1-4-11(12(19)20)18-13(21)15(16-14(18)22)5-7-17(8-6-15)9-10(2)3/h10-11H,4-9H2,1-3H3,(H,16,22)(H,19,20). The van der Waals surface area contributed by atoms with Gasteiger partial charge in [-0.1, -0.05) is 20.8 Å². The average molecular weight is 311 g/mol. The van der Waals surface area contributed by atoms with Gasteiger partial charge < -0.3 is 15.3 Å². The normalized spacial score (nSPS) is 23.2. The highest BCUT2D eigenvalue weighted by Gasteiger charge is 2.54. The second-order valence-electron chi connectivity index (χ2n) is 6.64. The Kier molecular flexibility index (Phi) is 4.75. The molecule has 2 heterocycles. The zero-order valence-corrected chi connectivity index (χ0v) is 13.5. The predicted octanol–water partition coefficient (Wildman–Crippen LogP) is 0.892. The van der Waals surface area contributed by atoms with Gasteiger partial charge in [-0.05, 0) is 25.2 Å². The number of aliphatic carboxylic acids is 1. The molecule has 0 aliphatic carbocycles. The van der Waals surface area contributed by atoms with E-state index in [1.54, 1.807) is 6.92 Å². The number of hydrogen-bond donors (Lipinski definition) is 2. The number of carbonyl (C=O) groups excluding carboxylic acids is 2. The molecule has 0 aromatic heterocycles. The molecular weight excluding hydrogens is 286 g/mol. The van der Waals surface area contributed by atoms with Crippen LogP contribution >= 0.6 is 0 Å². The number of carbonyl (C=O) groups is 3. The molecule has 2 fully saturated rings. The molecule has 1 unspecified atom stereocenters. The third-order valence-electron chi connectivity index (χ3n) is 4.51. The Morgan fingerprint density at radius 1 is 1.32 bits per heavy atom. The zero-order valence-electron chi connectivity index (χ0n) is 13.5. The summed E-state index contributed by atoms with van der Waals surface area (Å²) in [5, 5.41) is 12.0. The van der Waals surface area contributed by atoms with Crippen molar-refractivity contribution in [3.05, 3.63) is 0 Å². The number of urea groups is 1. The van der Waals surface area contributed by atoms with Crippen LogP contribution in [0.1, 0.15) is 40.0 Å². The number of nitrogens with zero attached hydrogens (tertiary/aromatic N) is 2. The minimum atomic E-state index is -1.14. The lowest BCUT2D eigenvalue weighted by Gasteiger charge is -2.38. The highest BCUT2D eigenvalue weighted by Crippen LogP contribution is 2.31. The first-order chi connectivity index (χ1) is 10.3. The van der Waals surface area contributed by atoms with Crippen LogP contribution in [0, 0.1) is 5.92 Å². The summed E-state index contributed by atoms with van der Waals surface area (Å²) in [5.74, 6) is -0.966. The molecule has 2 N–H and O–H groups in total. The van der Waals surface area contributed by atoms with Crippen molar-refractivity contribution >= 4 is 17.9 Å². The van der Waals surface area contributed by atoms with Gasteiger partial charge in [-0.3, -0.25) is 4.79 Å². The average Bonchev–Trinajstić information content (AvgIpc) is 2.66. The van der Waals surface area contributed by atoms with Gasteiger partial charge >= 0.3 is 12.0 Å². The highest BCUT2D eigenvalue weighted by atomic mass is 16.4. The van der Waals surface area contributed by atoms with E-state index in [0.717, 1.165) is 24.5 Å². The number of piperidine rings is 1. The van der Waals surface area contributed by atoms with Gasteiger partial charge in [-0.2, -0.15) is 0 Å². The molecule has 1 atom stereocenters. The monoisotopic (exact) mass is 311 g/mol. The lowest BCUT2D eigenvalue weighted by Crippen LogP contribution is -2.56. The van der Waals surface area contributed by atoms with E-state index in [9.17, 15) is 19.5 Å². The number of nitrogens with one attached hydrogen (secondary N) is 1. The van der Waals surface area contributed by atoms with Gasteiger partial charge in [0.25, 0.3) is 5.91 Å². The van der Waals surface area contributed by atoms with Crippen molar-refractivity contribution in [3.63, 3.8) is 0 Å². The van der Waals surface area contributed by atoms with Gasteiger partial charge in [-0.25, -0.2) is 14.5 Å². The van der Waals surface area contributed by atoms with Crippen molar-refractivity contribution in [1.29, 1.82) is 0 Å². The maximum absolute atomic E-state index is 12.7. The van der Waals surface area contributed by atoms with Crippen molar-refractivity contribution in [2.24, 2.45) is 5.92 Å². The molecule has 2 aliphatic rings. The SMILES string of the molecule is CCC(C(=O)O)N1C(=O)NC2(CCN(CC(C)C)CC2)C1=O. The van der Waals surface area contributed by atoms with Gasteiger partial charge in [0.2, 0.25) is 0 Å². The fraction of sp³-hybridized carbons (Fsp3) is 0.800. The Bertz CT molecular complexity index is 469. The van der Waals surface area contributed by atoms with Crippen molar-refractivity contribution in [2.45, 2.75) is 51.6 Å². The van der Waals surface area contributed by atoms with Crippen molar-refractivity contribution < 1.29 is 19.5 Å². The molecule has 3 amide bonds. The first kappa shape index (κ1) is 16.7. The number of imide groups is 1. The van der Waals surface area contributed by atoms with Crippen LogP contribution in [-0.2, 0) is 9.59 Å². The summed E-state index contributed by atoms with van der Waals surface area (Å²) < 4.78 is 0. The second kappa shape index (κ2) is 6.24. The molecule has 0 radical (unpaired) electrons. The molecule has 0 aromatic carbocycles. The van der Waals surface area contributed by atoms with Crippen LogP contribution < -0.4 is 5.32 Å². The van der Waals surface area contributed by atoms with Crippen molar-refractivity contribution in [2.75, 3.05) is 19.6 Å². The van der Waals surface area contributed by atoms with E-state index in [1.807, 2.05) is 0 Å². The highest BCUT2D eigenvalue weighted by molar-refractivity contribution is 6.09. The fourth-order valence-electron chi connectivity index (χ4n) is 3.36. The Hall–Kier alpha value is -1.63. The number of likely N-dealkylation sites (tertiary alicyclic amines) is 1. The van der Waals surface area contributed by atoms with Crippen LogP contribution in [-0.4, -0.2) is 64.0 Å². The molecule has 0 saturated carbocycles. The molecule has 0 aromatic rings. The van der Waals surface area contributed by atoms with Crippen LogP contribution in [0.25, 0.3) is 0 Å². The van der Waals surface area contributed by atoms with Crippen LogP contribution in [0.4, 0.5) is 4.79 Å². The summed E-state index contributed by atoms with van der Waals surface area (Å²) >= 11 is 0. The quantitative estimate of drug-likeness (QED) is 0.736. The lowest BCUT2D eigenvalue weighted by molar-refractivity contribution is -0.148. The maximum atomic E-state index is 12.7. The first-order valence-electron chi connectivity index (χ1n) is 7.91. The summed E-state index contributed by atoms with van der Waals surface area (Å²) in [7, 11) is 0. The van der Waals surface area contributed by atoms with Crippen LogP contribution in [0.2, 0.25) is 0 Å². The summed E-state index contributed by atoms with van der Waals surface area (Å²) in [6.07, 6.45) is 1.29. The number of hydrogen-bond acceptors (Lipinski definition) is 4. The van der Waals surface area contributed by atoms with E-state index in [1.165, 1.54) is 0 Å². The van der Waals surface area contributed by atoms with Crippen molar-refractivity contribution in [1.82, 2.24) is 15.1 Å². The second-order valence-corrected chi connectivity index (χ2v) is 6.64. The predicted molar refractivity (Wildman–Crippen MR) is 80.3 cm³/mol. The maximum Gasteiger partial charge on any atom is 0.326 e. The summed E-state index contributed by atoms with van der Waals surface area (Å²) in [6, 6.07) is -1.66. The lowest BCUT2D eigenvalue weighted by atomic mass is 9.87. The van der Waals surface area contributed by atoms with E-state index >= 15 is 0 Å². The minimum Gasteiger partial charge on any atom is -0.480 e. The molecule has 124 valence electrons. The Balaban J connectivity index is 2.10. The Labute approximate surface area is 130 Å². The smallest absolute Gasteiger partial charge is 0.326 e. The van der Waals surface area contributed by atoms with Crippen LogP contribution in [0.5, 0.6) is 0 Å². The summed E-state index contributed by atoms with van der Waals surface area (Å²) in [4.78, 5) is 39.3. The molecule has 2 rings (SSSR count). The first-order valence-corrected chi connectivity index (χ1v) is 7.91. The molecule has 1 spiro atoms. The van der Waals surface area contributed by atoms with Gasteiger partial charge in [0.1, 0.15) is 11.6 Å². The van der Waals surface area contributed by atoms with Crippen LogP contribution in [0.15, 0.2) is 0 Å². The molecule has 7 nitrogen and oxygen atoms in total. The van der Waals surface area contributed by atoms with Gasteiger partial charge in [0.05, 0.1) is 0 Å².